The van der Waals surface area contributed by atoms with Gasteiger partial charge < -0.3 is 10.4 Å². The summed E-state index contributed by atoms with van der Waals surface area (Å²) < 4.78 is 0. The normalized spacial score (nSPS) is 16.5. The van der Waals surface area contributed by atoms with Gasteiger partial charge in [-0.1, -0.05) is 30.3 Å². The van der Waals surface area contributed by atoms with Gasteiger partial charge in [-0.15, -0.1) is 0 Å². The van der Waals surface area contributed by atoms with E-state index in [4.69, 9.17) is 0 Å². The lowest BCUT2D eigenvalue weighted by Crippen LogP contribution is -2.41. The van der Waals surface area contributed by atoms with E-state index in [2.05, 4.69) is 39.5 Å². The number of pyridine rings is 1. The van der Waals surface area contributed by atoms with Crippen LogP contribution in [0.25, 0.3) is 0 Å². The van der Waals surface area contributed by atoms with Gasteiger partial charge in [-0.3, -0.25) is 14.7 Å². The summed E-state index contributed by atoms with van der Waals surface area (Å²) in [6.07, 6.45) is 4.94. The minimum absolute atomic E-state index is 0.0397. The highest BCUT2D eigenvalue weighted by atomic mass is 16.3. The zero-order valence-corrected chi connectivity index (χ0v) is 14.4. The van der Waals surface area contributed by atoms with Crippen LogP contribution >= 0.6 is 0 Å². The third-order valence-electron chi connectivity index (χ3n) is 4.71. The Morgan fingerprint density at radius 3 is 2.88 bits per heavy atom. The van der Waals surface area contributed by atoms with Gasteiger partial charge in [0.1, 0.15) is 0 Å². The van der Waals surface area contributed by atoms with Crippen molar-refractivity contribution in [1.82, 2.24) is 15.2 Å². The molecule has 0 saturated heterocycles. The fraction of sp³-hybridized carbons (Fsp3) is 0.400. The lowest BCUT2D eigenvalue weighted by atomic mass is 9.87. The Kier molecular flexibility index (Phi) is 6.14. The molecule has 0 radical (unpaired) electrons. The minimum atomic E-state index is -0.0397. The van der Waals surface area contributed by atoms with Gasteiger partial charge in [0.05, 0.1) is 25.4 Å². The Morgan fingerprint density at radius 2 is 2.08 bits per heavy atom. The van der Waals surface area contributed by atoms with Crippen LogP contribution < -0.4 is 5.32 Å². The van der Waals surface area contributed by atoms with Gasteiger partial charge in [0.25, 0.3) is 0 Å². The van der Waals surface area contributed by atoms with E-state index in [9.17, 15) is 9.90 Å². The van der Waals surface area contributed by atoms with Crippen molar-refractivity contribution in [2.75, 3.05) is 19.7 Å². The molecule has 2 N–H and O–H groups in total. The van der Waals surface area contributed by atoms with E-state index in [0.717, 1.165) is 25.0 Å². The van der Waals surface area contributed by atoms with Crippen LogP contribution in [-0.4, -0.2) is 40.6 Å². The van der Waals surface area contributed by atoms with Crippen molar-refractivity contribution >= 4 is 5.91 Å². The molecule has 132 valence electrons. The van der Waals surface area contributed by atoms with E-state index in [1.165, 1.54) is 11.1 Å². The average Bonchev–Trinajstić information content (AvgIpc) is 2.66. The van der Waals surface area contributed by atoms with E-state index < -0.39 is 0 Å². The molecule has 0 saturated carbocycles. The van der Waals surface area contributed by atoms with Crippen molar-refractivity contribution in [3.63, 3.8) is 0 Å². The van der Waals surface area contributed by atoms with Crippen molar-refractivity contribution in [3.05, 3.63) is 65.5 Å². The number of hydrogen-bond donors (Lipinski definition) is 2. The molecule has 0 fully saturated rings. The zero-order chi connectivity index (χ0) is 17.5. The molecule has 25 heavy (non-hydrogen) atoms. The van der Waals surface area contributed by atoms with Gasteiger partial charge in [-0.05, 0) is 42.5 Å². The SMILES string of the molecule is O=C(CN(CCO)C1CCCc2ccccc21)NCc1ccccn1. The quantitative estimate of drug-likeness (QED) is 0.810. The maximum atomic E-state index is 12.4. The molecule has 0 spiro atoms. The molecule has 0 aliphatic heterocycles. The molecule has 1 aliphatic rings. The van der Waals surface area contributed by atoms with Gasteiger partial charge in [0.15, 0.2) is 0 Å². The summed E-state index contributed by atoms with van der Waals surface area (Å²) in [5.74, 6) is -0.0397. The first-order valence-corrected chi connectivity index (χ1v) is 8.87. The molecular weight excluding hydrogens is 314 g/mol. The molecule has 5 heteroatoms. The second-order valence-electron chi connectivity index (χ2n) is 6.40. The van der Waals surface area contributed by atoms with E-state index in [-0.39, 0.29) is 25.1 Å². The van der Waals surface area contributed by atoms with Gasteiger partial charge in [-0.2, -0.15) is 0 Å². The van der Waals surface area contributed by atoms with Crippen molar-refractivity contribution in [2.24, 2.45) is 0 Å². The largest absolute Gasteiger partial charge is 0.395 e. The van der Waals surface area contributed by atoms with Crippen LogP contribution in [-0.2, 0) is 17.8 Å². The van der Waals surface area contributed by atoms with Crippen LogP contribution in [0.2, 0.25) is 0 Å². The predicted molar refractivity (Wildman–Crippen MR) is 96.9 cm³/mol. The number of carbonyl (C=O) groups is 1. The second kappa shape index (κ2) is 8.74. The van der Waals surface area contributed by atoms with Crippen molar-refractivity contribution in [2.45, 2.75) is 31.8 Å². The smallest absolute Gasteiger partial charge is 0.234 e. The Morgan fingerprint density at radius 1 is 1.24 bits per heavy atom. The zero-order valence-electron chi connectivity index (χ0n) is 14.4. The number of nitrogens with zero attached hydrogens (tertiary/aromatic N) is 2. The van der Waals surface area contributed by atoms with Gasteiger partial charge in [0.2, 0.25) is 5.91 Å². The van der Waals surface area contributed by atoms with Crippen LogP contribution in [0, 0.1) is 0 Å². The first-order chi connectivity index (χ1) is 12.3. The molecule has 1 heterocycles. The highest BCUT2D eigenvalue weighted by Gasteiger charge is 2.26. The lowest BCUT2D eigenvalue weighted by molar-refractivity contribution is -0.123. The number of carbonyl (C=O) groups excluding carboxylic acids is 1. The number of aliphatic hydroxyl groups excluding tert-OH is 1. The number of aliphatic hydroxyl groups is 1. The summed E-state index contributed by atoms with van der Waals surface area (Å²) in [5.41, 5.74) is 3.49. The highest BCUT2D eigenvalue weighted by molar-refractivity contribution is 5.78. The highest BCUT2D eigenvalue weighted by Crippen LogP contribution is 2.33. The van der Waals surface area contributed by atoms with Crippen molar-refractivity contribution < 1.29 is 9.90 Å². The number of rotatable bonds is 7. The van der Waals surface area contributed by atoms with E-state index in [1.807, 2.05) is 18.2 Å². The molecule has 3 rings (SSSR count). The number of hydrogen-bond acceptors (Lipinski definition) is 4. The van der Waals surface area contributed by atoms with Crippen LogP contribution in [0.1, 0.15) is 35.7 Å². The predicted octanol–water partition coefficient (Wildman–Crippen LogP) is 2.07. The molecule has 1 atom stereocenters. The summed E-state index contributed by atoms with van der Waals surface area (Å²) in [5, 5.41) is 12.4. The van der Waals surface area contributed by atoms with Crippen molar-refractivity contribution in [1.29, 1.82) is 0 Å². The van der Waals surface area contributed by atoms with E-state index in [0.29, 0.717) is 13.1 Å². The average molecular weight is 339 g/mol. The molecule has 5 nitrogen and oxygen atoms in total. The molecule has 1 unspecified atom stereocenters. The summed E-state index contributed by atoms with van der Waals surface area (Å²) in [7, 11) is 0. The third kappa shape index (κ3) is 4.65. The Bertz CT molecular complexity index is 690. The lowest BCUT2D eigenvalue weighted by Gasteiger charge is -2.35. The van der Waals surface area contributed by atoms with Crippen LogP contribution in [0.3, 0.4) is 0 Å². The van der Waals surface area contributed by atoms with Gasteiger partial charge >= 0.3 is 0 Å². The summed E-state index contributed by atoms with van der Waals surface area (Å²) in [6.45, 7) is 1.25. The van der Waals surface area contributed by atoms with Crippen LogP contribution in [0.4, 0.5) is 0 Å². The number of amides is 1. The fourth-order valence-corrected chi connectivity index (χ4v) is 3.51. The standard InChI is InChI=1S/C20H25N3O2/c24-13-12-23(15-20(25)22-14-17-8-3-4-11-21-17)19-10-5-7-16-6-1-2-9-18(16)19/h1-4,6,8-9,11,19,24H,5,7,10,12-15H2,(H,22,25). The number of benzene rings is 1. The Balaban J connectivity index is 1.64. The monoisotopic (exact) mass is 339 g/mol. The number of aromatic nitrogens is 1. The number of aryl methyl sites for hydroxylation is 1. The van der Waals surface area contributed by atoms with Crippen LogP contribution in [0.5, 0.6) is 0 Å². The molecule has 1 amide bonds. The summed E-state index contributed by atoms with van der Waals surface area (Å²) in [6, 6.07) is 14.3. The molecule has 2 aromatic rings. The van der Waals surface area contributed by atoms with E-state index >= 15 is 0 Å². The van der Waals surface area contributed by atoms with E-state index in [1.54, 1.807) is 6.20 Å². The first-order valence-electron chi connectivity index (χ1n) is 8.87. The summed E-state index contributed by atoms with van der Waals surface area (Å²) >= 11 is 0. The van der Waals surface area contributed by atoms with Gasteiger partial charge in [0, 0.05) is 18.8 Å². The third-order valence-corrected chi connectivity index (χ3v) is 4.71. The number of fused-ring (bicyclic) bond motifs is 1. The Hall–Kier alpha value is -2.24. The molecule has 0 bridgehead atoms. The molecule has 1 aromatic heterocycles. The maximum Gasteiger partial charge on any atom is 0.234 e. The second-order valence-corrected chi connectivity index (χ2v) is 6.40. The Labute approximate surface area is 148 Å². The topological polar surface area (TPSA) is 65.5 Å². The van der Waals surface area contributed by atoms with Crippen molar-refractivity contribution in [3.8, 4) is 0 Å². The molecule has 1 aromatic carbocycles. The van der Waals surface area contributed by atoms with Crippen LogP contribution in [0.15, 0.2) is 48.7 Å². The summed E-state index contributed by atoms with van der Waals surface area (Å²) in [4.78, 5) is 18.7. The fourth-order valence-electron chi connectivity index (χ4n) is 3.51. The first kappa shape index (κ1) is 17.6. The minimum Gasteiger partial charge on any atom is -0.395 e. The number of nitrogens with one attached hydrogen (secondary N) is 1. The maximum absolute atomic E-state index is 12.4. The molecule has 1 aliphatic carbocycles. The van der Waals surface area contributed by atoms with Gasteiger partial charge in [-0.25, -0.2) is 0 Å². The molecular formula is C20H25N3O2.